The molecule has 0 spiro atoms. The van der Waals surface area contributed by atoms with Crippen molar-refractivity contribution in [3.05, 3.63) is 18.5 Å². The van der Waals surface area contributed by atoms with Crippen LogP contribution in [0.4, 0.5) is 11.4 Å². The highest BCUT2D eigenvalue weighted by molar-refractivity contribution is 5.70. The minimum absolute atomic E-state index is 0.873. The van der Waals surface area contributed by atoms with Gasteiger partial charge in [0.1, 0.15) is 5.69 Å². The summed E-state index contributed by atoms with van der Waals surface area (Å²) in [6, 6.07) is 1.89. The molecule has 1 rings (SSSR count). The second-order valence-corrected chi connectivity index (χ2v) is 2.03. The fourth-order valence-corrected chi connectivity index (χ4v) is 0.839. The topological polar surface area (TPSA) is 57.5 Å². The Hall–Kier alpha value is -1.42. The number of aliphatic hydroxyl groups is 1. The molecule has 1 aromatic rings. The van der Waals surface area contributed by atoms with Crippen molar-refractivity contribution in [1.29, 1.82) is 0 Å². The molecule has 2 N–H and O–H groups in total. The molecule has 0 atom stereocenters. The zero-order valence-electron chi connectivity index (χ0n) is 8.15. The zero-order chi connectivity index (χ0) is 10.1. The van der Waals surface area contributed by atoms with Crippen molar-refractivity contribution < 1.29 is 5.11 Å². The molecule has 0 saturated carbocycles. The molecule has 1 heterocycles. The predicted octanol–water partition coefficient (Wildman–Crippen LogP) is 1.45. The fourth-order valence-electron chi connectivity index (χ4n) is 0.839. The molecule has 0 unspecified atom stereocenters. The van der Waals surface area contributed by atoms with Gasteiger partial charge in [0.25, 0.3) is 0 Å². The maximum absolute atomic E-state index is 7.00. The Bertz CT molecular complexity index is 261. The summed E-state index contributed by atoms with van der Waals surface area (Å²) >= 11 is 0. The first kappa shape index (κ1) is 11.6. The first-order valence-corrected chi connectivity index (χ1v) is 3.93. The van der Waals surface area contributed by atoms with Gasteiger partial charge in [-0.25, -0.2) is 0 Å². The fraction of sp³-hybridized carbons (Fsp3) is 0.333. The summed E-state index contributed by atoms with van der Waals surface area (Å²) < 4.78 is 0. The van der Waals surface area contributed by atoms with Crippen molar-refractivity contribution in [1.82, 2.24) is 4.98 Å². The monoisotopic (exact) mass is 181 g/mol. The number of anilines is 1. The van der Waals surface area contributed by atoms with E-state index < -0.39 is 0 Å². The molecule has 4 nitrogen and oxygen atoms in total. The molecule has 0 fully saturated rings. The van der Waals surface area contributed by atoms with E-state index >= 15 is 0 Å². The Morgan fingerprint density at radius 1 is 1.54 bits per heavy atom. The molecule has 0 aliphatic heterocycles. The second-order valence-electron chi connectivity index (χ2n) is 2.03. The second kappa shape index (κ2) is 7.24. The number of nitrogens with zero attached hydrogens (tertiary/aromatic N) is 2. The maximum Gasteiger partial charge on any atom is 0.104 e. The van der Waals surface area contributed by atoms with Gasteiger partial charge < -0.3 is 10.4 Å². The van der Waals surface area contributed by atoms with Gasteiger partial charge >= 0.3 is 0 Å². The molecule has 0 aromatic carbocycles. The summed E-state index contributed by atoms with van der Waals surface area (Å²) in [5.41, 5.74) is 1.87. The lowest BCUT2D eigenvalue weighted by Crippen LogP contribution is -1.88. The molecule has 0 amide bonds. The van der Waals surface area contributed by atoms with Gasteiger partial charge in [0.15, 0.2) is 0 Å². The van der Waals surface area contributed by atoms with Gasteiger partial charge in [0, 0.05) is 26.6 Å². The molecule has 0 aliphatic rings. The van der Waals surface area contributed by atoms with Gasteiger partial charge in [-0.1, -0.05) is 0 Å². The van der Waals surface area contributed by atoms with Gasteiger partial charge in [0.2, 0.25) is 0 Å². The molecular weight excluding hydrogens is 166 g/mol. The number of aromatic nitrogens is 1. The van der Waals surface area contributed by atoms with E-state index in [0.717, 1.165) is 18.5 Å². The Labute approximate surface area is 78.4 Å². The highest BCUT2D eigenvalue weighted by Gasteiger charge is 1.94. The molecule has 4 heteroatoms. The van der Waals surface area contributed by atoms with Crippen LogP contribution in [0.2, 0.25) is 0 Å². The number of hydrogen-bond acceptors (Lipinski definition) is 4. The van der Waals surface area contributed by atoms with E-state index in [4.69, 9.17) is 5.11 Å². The van der Waals surface area contributed by atoms with Crippen molar-refractivity contribution >= 4 is 17.6 Å². The average Bonchev–Trinajstić information content (AvgIpc) is 2.22. The molecule has 13 heavy (non-hydrogen) atoms. The molecule has 0 aliphatic carbocycles. The number of aliphatic imine (C=N–C) groups is 1. The number of aliphatic hydroxyl groups excluding tert-OH is 1. The van der Waals surface area contributed by atoms with E-state index in [1.54, 1.807) is 18.6 Å². The van der Waals surface area contributed by atoms with Crippen LogP contribution in [0, 0.1) is 0 Å². The van der Waals surface area contributed by atoms with E-state index in [0.29, 0.717) is 0 Å². The molecule has 72 valence electrons. The Morgan fingerprint density at radius 3 is 2.77 bits per heavy atom. The van der Waals surface area contributed by atoms with Crippen molar-refractivity contribution in [2.24, 2.45) is 4.99 Å². The number of hydrogen-bond donors (Lipinski definition) is 2. The van der Waals surface area contributed by atoms with Crippen LogP contribution in [-0.4, -0.2) is 30.5 Å². The van der Waals surface area contributed by atoms with Gasteiger partial charge in [-0.15, -0.1) is 0 Å². The third kappa shape index (κ3) is 3.66. The van der Waals surface area contributed by atoms with Gasteiger partial charge in [-0.05, 0) is 13.0 Å². The minimum Gasteiger partial charge on any atom is -0.400 e. The molecule has 1 aromatic heterocycles. The summed E-state index contributed by atoms with van der Waals surface area (Å²) in [6.07, 6.45) is 5.21. The maximum atomic E-state index is 7.00. The summed E-state index contributed by atoms with van der Waals surface area (Å²) in [6.45, 7) is 1.88. The van der Waals surface area contributed by atoms with E-state index in [1.807, 2.05) is 20.0 Å². The van der Waals surface area contributed by atoms with Crippen LogP contribution in [0.5, 0.6) is 0 Å². The molecule has 0 saturated heterocycles. The van der Waals surface area contributed by atoms with Crippen molar-refractivity contribution in [3.8, 4) is 0 Å². The lowest BCUT2D eigenvalue weighted by molar-refractivity contribution is 0.399. The summed E-state index contributed by atoms with van der Waals surface area (Å²) in [7, 11) is 2.87. The van der Waals surface area contributed by atoms with E-state index in [2.05, 4.69) is 15.3 Å². The highest BCUT2D eigenvalue weighted by Crippen LogP contribution is 2.21. The van der Waals surface area contributed by atoms with E-state index in [9.17, 15) is 0 Å². The van der Waals surface area contributed by atoms with Crippen LogP contribution < -0.4 is 5.32 Å². The Morgan fingerprint density at radius 2 is 2.23 bits per heavy atom. The van der Waals surface area contributed by atoms with E-state index in [1.165, 1.54) is 0 Å². The largest absolute Gasteiger partial charge is 0.400 e. The molecule has 0 radical (unpaired) electrons. The number of nitrogens with one attached hydrogen (secondary N) is 1. The van der Waals surface area contributed by atoms with Gasteiger partial charge in [-0.3, -0.25) is 9.98 Å². The van der Waals surface area contributed by atoms with Gasteiger partial charge in [-0.2, -0.15) is 0 Å². The minimum atomic E-state index is 0.873. The molecular formula is C9H15N3O. The van der Waals surface area contributed by atoms with Crippen molar-refractivity contribution in [2.45, 2.75) is 6.92 Å². The third-order valence-electron chi connectivity index (χ3n) is 1.34. The Kier molecular flexibility index (Phi) is 6.45. The van der Waals surface area contributed by atoms with Gasteiger partial charge in [0.05, 0.1) is 11.9 Å². The number of rotatable bonds is 2. The van der Waals surface area contributed by atoms with Crippen molar-refractivity contribution in [2.75, 3.05) is 19.5 Å². The van der Waals surface area contributed by atoms with Crippen molar-refractivity contribution in [3.63, 3.8) is 0 Å². The normalized spacial score (nSPS) is 9.23. The smallest absolute Gasteiger partial charge is 0.104 e. The first-order valence-electron chi connectivity index (χ1n) is 3.93. The van der Waals surface area contributed by atoms with E-state index in [-0.39, 0.29) is 0 Å². The lowest BCUT2D eigenvalue weighted by Gasteiger charge is -2.01. The Balaban J connectivity index is 0.000000671. The summed E-state index contributed by atoms with van der Waals surface area (Å²) in [5, 5.41) is 10.0. The zero-order valence-corrected chi connectivity index (χ0v) is 8.15. The van der Waals surface area contributed by atoms with Crippen LogP contribution in [0.1, 0.15) is 6.92 Å². The summed E-state index contributed by atoms with van der Waals surface area (Å²) in [4.78, 5) is 8.09. The van der Waals surface area contributed by atoms with Crippen LogP contribution in [0.25, 0.3) is 0 Å². The number of pyridine rings is 1. The standard InChI is InChI=1S/C8H11N3.CH4O/c1-3-11-8-6-10-5-4-7(8)9-2;1-2/h3-6H,1-2H3,(H,9,10);2H,1H3. The van der Waals surface area contributed by atoms with Crippen LogP contribution in [-0.2, 0) is 0 Å². The first-order chi connectivity index (χ1) is 6.38. The SMILES string of the molecule is CC=Nc1cnccc1NC.CO. The summed E-state index contributed by atoms with van der Waals surface area (Å²) in [5.74, 6) is 0. The quantitative estimate of drug-likeness (QED) is 0.679. The van der Waals surface area contributed by atoms with Crippen LogP contribution in [0.15, 0.2) is 23.5 Å². The van der Waals surface area contributed by atoms with Crippen LogP contribution >= 0.6 is 0 Å². The molecule has 0 bridgehead atoms. The predicted molar refractivity (Wildman–Crippen MR) is 55.8 cm³/mol. The van der Waals surface area contributed by atoms with Crippen LogP contribution in [0.3, 0.4) is 0 Å². The lowest BCUT2D eigenvalue weighted by atomic mass is 10.3. The average molecular weight is 181 g/mol. The highest BCUT2D eigenvalue weighted by atomic mass is 16.2. The third-order valence-corrected chi connectivity index (χ3v) is 1.34.